The maximum Gasteiger partial charge on any atom is 0.137 e. The van der Waals surface area contributed by atoms with Crippen molar-refractivity contribution in [1.82, 2.24) is 9.78 Å². The Morgan fingerprint density at radius 1 is 1.35 bits per heavy atom. The van der Waals surface area contributed by atoms with E-state index in [1.807, 2.05) is 17.8 Å². The van der Waals surface area contributed by atoms with Crippen molar-refractivity contribution in [1.29, 1.82) is 0 Å². The molecule has 1 aromatic rings. The fourth-order valence-corrected chi connectivity index (χ4v) is 3.04. The molecule has 1 saturated carbocycles. The van der Waals surface area contributed by atoms with Crippen molar-refractivity contribution in [3.63, 3.8) is 0 Å². The summed E-state index contributed by atoms with van der Waals surface area (Å²) >= 11 is 0. The molecule has 1 aliphatic carbocycles. The Balaban J connectivity index is 1.94. The Kier molecular flexibility index (Phi) is 2.68. The van der Waals surface area contributed by atoms with Gasteiger partial charge in [0.25, 0.3) is 0 Å². The molecule has 2 rings (SSSR count). The highest BCUT2D eigenvalue weighted by Crippen LogP contribution is 2.68. The highest BCUT2D eigenvalue weighted by molar-refractivity contribution is 5.86. The third-order valence-corrected chi connectivity index (χ3v) is 4.89. The zero-order valence-corrected chi connectivity index (χ0v) is 11.4. The van der Waals surface area contributed by atoms with E-state index in [1.165, 1.54) is 0 Å². The van der Waals surface area contributed by atoms with Crippen LogP contribution < -0.4 is 0 Å². The van der Waals surface area contributed by atoms with Crippen molar-refractivity contribution in [3.8, 4) is 0 Å². The van der Waals surface area contributed by atoms with Crippen LogP contribution in [0.25, 0.3) is 0 Å². The number of hydrogen-bond acceptors (Lipinski definition) is 2. The van der Waals surface area contributed by atoms with E-state index in [4.69, 9.17) is 0 Å². The van der Waals surface area contributed by atoms with Gasteiger partial charge < -0.3 is 0 Å². The normalized spacial score (nSPS) is 21.5. The molecule has 0 N–H and O–H groups in total. The Labute approximate surface area is 103 Å². The Hall–Kier alpha value is -1.12. The first kappa shape index (κ1) is 12.3. The number of nitrogens with zero attached hydrogens (tertiary/aromatic N) is 2. The molecule has 94 valence electrons. The molecule has 1 fully saturated rings. The summed E-state index contributed by atoms with van der Waals surface area (Å²) < 4.78 is 1.84. The van der Waals surface area contributed by atoms with Crippen LogP contribution >= 0.6 is 0 Å². The summed E-state index contributed by atoms with van der Waals surface area (Å²) in [5.74, 6) is 0.629. The topological polar surface area (TPSA) is 34.9 Å². The molecular formula is C14H22N2O. The van der Waals surface area contributed by atoms with Crippen molar-refractivity contribution in [2.45, 2.75) is 40.5 Å². The third kappa shape index (κ3) is 1.81. The Morgan fingerprint density at radius 3 is 2.35 bits per heavy atom. The lowest BCUT2D eigenvalue weighted by Crippen LogP contribution is -2.09. The molecule has 0 aromatic carbocycles. The molecule has 1 aliphatic rings. The molecule has 1 aromatic heterocycles. The van der Waals surface area contributed by atoms with E-state index in [0.29, 0.717) is 12.2 Å². The molecule has 3 nitrogen and oxygen atoms in total. The zero-order valence-electron chi connectivity index (χ0n) is 11.4. The van der Waals surface area contributed by atoms with Crippen molar-refractivity contribution in [2.75, 3.05) is 0 Å². The highest BCUT2D eigenvalue weighted by Gasteiger charge is 2.67. The van der Waals surface area contributed by atoms with Gasteiger partial charge in [0, 0.05) is 31.3 Å². The van der Waals surface area contributed by atoms with Crippen LogP contribution in [0.2, 0.25) is 0 Å². The molecule has 0 radical (unpaired) electrons. The van der Waals surface area contributed by atoms with E-state index in [1.54, 1.807) is 6.20 Å². The summed E-state index contributed by atoms with van der Waals surface area (Å²) in [5, 5.41) is 4.12. The van der Waals surface area contributed by atoms with Gasteiger partial charge in [-0.25, -0.2) is 0 Å². The number of ketones is 1. The van der Waals surface area contributed by atoms with Crippen LogP contribution in [0.4, 0.5) is 0 Å². The van der Waals surface area contributed by atoms with Gasteiger partial charge in [0.1, 0.15) is 5.78 Å². The summed E-state index contributed by atoms with van der Waals surface area (Å²) in [7, 11) is 1.92. The van der Waals surface area contributed by atoms with E-state index < -0.39 is 0 Å². The molecule has 0 bridgehead atoms. The van der Waals surface area contributed by atoms with Crippen molar-refractivity contribution in [3.05, 3.63) is 18.0 Å². The van der Waals surface area contributed by atoms with Gasteiger partial charge in [-0.15, -0.1) is 0 Å². The van der Waals surface area contributed by atoms with Gasteiger partial charge in [0.05, 0.1) is 0 Å². The van der Waals surface area contributed by atoms with Crippen LogP contribution in [-0.4, -0.2) is 15.6 Å². The molecule has 0 amide bonds. The minimum Gasteiger partial charge on any atom is -0.299 e. The van der Waals surface area contributed by atoms with Crippen LogP contribution in [0.1, 0.15) is 39.8 Å². The third-order valence-electron chi connectivity index (χ3n) is 4.89. The lowest BCUT2D eigenvalue weighted by Gasteiger charge is -2.03. The van der Waals surface area contributed by atoms with Gasteiger partial charge in [-0.3, -0.25) is 9.48 Å². The van der Waals surface area contributed by atoms with Crippen LogP contribution in [0.3, 0.4) is 0 Å². The molecule has 17 heavy (non-hydrogen) atoms. The van der Waals surface area contributed by atoms with Gasteiger partial charge in [-0.05, 0) is 23.3 Å². The maximum atomic E-state index is 12.2. The minimum atomic E-state index is 0.163. The molecule has 0 atom stereocenters. The average molecular weight is 234 g/mol. The first-order valence-electron chi connectivity index (χ1n) is 6.28. The minimum absolute atomic E-state index is 0.163. The van der Waals surface area contributed by atoms with E-state index in [0.717, 1.165) is 12.1 Å². The number of aromatic nitrogens is 2. The Morgan fingerprint density at radius 2 is 1.94 bits per heavy atom. The second-order valence-corrected chi connectivity index (χ2v) is 6.29. The fraction of sp³-hybridized carbons (Fsp3) is 0.714. The summed E-state index contributed by atoms with van der Waals surface area (Å²) in [5.41, 5.74) is 1.46. The molecule has 0 aliphatic heterocycles. The van der Waals surface area contributed by atoms with Crippen LogP contribution in [0.5, 0.6) is 0 Å². The SMILES string of the molecule is Cn1nccc1CCC(=O)C1C(C)(C)C1(C)C. The first-order chi connectivity index (χ1) is 7.78. The molecule has 0 saturated heterocycles. The largest absolute Gasteiger partial charge is 0.299 e. The summed E-state index contributed by atoms with van der Waals surface area (Å²) in [6, 6.07) is 1.98. The van der Waals surface area contributed by atoms with E-state index >= 15 is 0 Å². The van der Waals surface area contributed by atoms with Gasteiger partial charge in [0.2, 0.25) is 0 Å². The molecule has 3 heteroatoms. The maximum absolute atomic E-state index is 12.2. The standard InChI is InChI=1S/C14H22N2O/c1-13(2)12(14(13,3)4)11(17)7-6-10-8-9-15-16(10)5/h8-9,12H,6-7H2,1-5H3. The van der Waals surface area contributed by atoms with Crippen LogP contribution in [0.15, 0.2) is 12.3 Å². The summed E-state index contributed by atoms with van der Waals surface area (Å²) in [6.07, 6.45) is 3.22. The van der Waals surface area contributed by atoms with Crippen LogP contribution in [0, 0.1) is 16.7 Å². The average Bonchev–Trinajstić information content (AvgIpc) is 2.53. The van der Waals surface area contributed by atoms with Crippen LogP contribution in [-0.2, 0) is 18.3 Å². The Bertz CT molecular complexity index is 429. The number of aryl methyl sites for hydroxylation is 2. The van der Waals surface area contributed by atoms with Gasteiger partial charge >= 0.3 is 0 Å². The highest BCUT2D eigenvalue weighted by atomic mass is 16.1. The monoisotopic (exact) mass is 234 g/mol. The number of carbonyl (C=O) groups excluding carboxylic acids is 1. The molecule has 0 spiro atoms. The van der Waals surface area contributed by atoms with E-state index in [9.17, 15) is 4.79 Å². The van der Waals surface area contributed by atoms with Crippen molar-refractivity contribution < 1.29 is 4.79 Å². The molecule has 1 heterocycles. The van der Waals surface area contributed by atoms with E-state index in [-0.39, 0.29) is 16.7 Å². The number of carbonyl (C=O) groups is 1. The second kappa shape index (κ2) is 3.69. The van der Waals surface area contributed by atoms with E-state index in [2.05, 4.69) is 32.8 Å². The quantitative estimate of drug-likeness (QED) is 0.802. The lowest BCUT2D eigenvalue weighted by molar-refractivity contribution is -0.121. The predicted molar refractivity (Wildman–Crippen MR) is 67.6 cm³/mol. The number of Topliss-reactive ketones (excluding diaryl/α,β-unsaturated/α-hetero) is 1. The summed E-state index contributed by atoms with van der Waals surface area (Å²) in [6.45, 7) is 8.78. The number of hydrogen-bond donors (Lipinski definition) is 0. The summed E-state index contributed by atoms with van der Waals surface area (Å²) in [4.78, 5) is 12.2. The fourth-order valence-electron chi connectivity index (χ4n) is 3.04. The first-order valence-corrected chi connectivity index (χ1v) is 6.28. The van der Waals surface area contributed by atoms with Gasteiger partial charge in [0.15, 0.2) is 0 Å². The van der Waals surface area contributed by atoms with Gasteiger partial charge in [-0.2, -0.15) is 5.10 Å². The smallest absolute Gasteiger partial charge is 0.137 e. The second-order valence-electron chi connectivity index (χ2n) is 6.29. The van der Waals surface area contributed by atoms with Gasteiger partial charge in [-0.1, -0.05) is 27.7 Å². The lowest BCUT2D eigenvalue weighted by atomic mass is 10.0. The van der Waals surface area contributed by atoms with Crippen molar-refractivity contribution in [2.24, 2.45) is 23.8 Å². The van der Waals surface area contributed by atoms with Crippen molar-refractivity contribution >= 4 is 5.78 Å². The molecule has 0 unspecified atom stereocenters. The molecular weight excluding hydrogens is 212 g/mol. The predicted octanol–water partition coefficient (Wildman–Crippen LogP) is 2.60. The zero-order chi connectivity index (χ0) is 12.8. The number of rotatable bonds is 4.